The van der Waals surface area contributed by atoms with Gasteiger partial charge in [0.05, 0.1) is 12.2 Å². The van der Waals surface area contributed by atoms with Gasteiger partial charge in [-0.15, -0.1) is 0 Å². The third-order valence-corrected chi connectivity index (χ3v) is 3.25. The van der Waals surface area contributed by atoms with Gasteiger partial charge < -0.3 is 4.74 Å². The average Bonchev–Trinajstić information content (AvgIpc) is 2.52. The topological polar surface area (TPSA) is 26.3 Å². The van der Waals surface area contributed by atoms with E-state index in [0.717, 1.165) is 36.7 Å². The zero-order valence-corrected chi connectivity index (χ0v) is 11.8. The van der Waals surface area contributed by atoms with Gasteiger partial charge in [0.1, 0.15) is 5.75 Å². The highest BCUT2D eigenvalue weighted by atomic mass is 16.5. The van der Waals surface area contributed by atoms with Crippen molar-refractivity contribution in [1.82, 2.24) is 0 Å². The second-order valence-electron chi connectivity index (χ2n) is 4.79. The van der Waals surface area contributed by atoms with Gasteiger partial charge >= 0.3 is 0 Å². The summed E-state index contributed by atoms with van der Waals surface area (Å²) in [4.78, 5) is 11.2. The van der Waals surface area contributed by atoms with E-state index < -0.39 is 0 Å². The number of hydrogen-bond acceptors (Lipinski definition) is 2. The monoisotopic (exact) mass is 268 g/mol. The summed E-state index contributed by atoms with van der Waals surface area (Å²) in [7, 11) is 0. The van der Waals surface area contributed by atoms with E-state index in [1.165, 1.54) is 0 Å². The molecule has 0 radical (unpaired) electrons. The number of ether oxygens (including phenoxy) is 1. The Kier molecular flexibility index (Phi) is 5.36. The van der Waals surface area contributed by atoms with Gasteiger partial charge in [0.15, 0.2) is 6.29 Å². The van der Waals surface area contributed by atoms with Crippen molar-refractivity contribution in [2.45, 2.75) is 26.2 Å². The fourth-order valence-corrected chi connectivity index (χ4v) is 2.12. The number of unbranched alkanes of at least 4 members (excludes halogenated alkanes) is 2. The normalized spacial score (nSPS) is 10.2. The van der Waals surface area contributed by atoms with Crippen molar-refractivity contribution in [2.24, 2.45) is 0 Å². The molecule has 0 aromatic heterocycles. The lowest BCUT2D eigenvalue weighted by Crippen LogP contribution is -2.00. The van der Waals surface area contributed by atoms with Gasteiger partial charge in [-0.3, -0.25) is 4.79 Å². The van der Waals surface area contributed by atoms with Crippen molar-refractivity contribution in [3.05, 3.63) is 54.1 Å². The van der Waals surface area contributed by atoms with Crippen LogP contribution in [0.25, 0.3) is 11.1 Å². The highest BCUT2D eigenvalue weighted by Gasteiger charge is 2.05. The van der Waals surface area contributed by atoms with E-state index in [9.17, 15) is 4.79 Å². The molecule has 0 aliphatic carbocycles. The first-order valence-corrected chi connectivity index (χ1v) is 7.12. The Bertz CT molecular complexity index is 547. The molecule has 2 rings (SSSR count). The highest BCUT2D eigenvalue weighted by molar-refractivity contribution is 5.83. The third kappa shape index (κ3) is 3.70. The summed E-state index contributed by atoms with van der Waals surface area (Å²) in [6.45, 7) is 2.82. The number of benzene rings is 2. The molecule has 0 N–H and O–H groups in total. The Morgan fingerprint density at radius 1 is 1.00 bits per heavy atom. The Hall–Kier alpha value is -2.09. The summed E-state index contributed by atoms with van der Waals surface area (Å²) >= 11 is 0. The van der Waals surface area contributed by atoms with Gasteiger partial charge in [0, 0.05) is 0 Å². The quantitative estimate of drug-likeness (QED) is 0.535. The Labute approximate surface area is 120 Å². The van der Waals surface area contributed by atoms with Gasteiger partial charge in [-0.1, -0.05) is 56.2 Å². The summed E-state index contributed by atoms with van der Waals surface area (Å²) in [6, 6.07) is 15.8. The lowest BCUT2D eigenvalue weighted by Gasteiger charge is -2.10. The minimum absolute atomic E-state index is 0.614. The molecule has 0 saturated heterocycles. The number of hydrogen-bond donors (Lipinski definition) is 0. The molecule has 2 aromatic carbocycles. The SMILES string of the molecule is CCCCCOc1ccc(-c2ccccc2)cc1C=O. The van der Waals surface area contributed by atoms with Crippen LogP contribution in [0.5, 0.6) is 5.75 Å². The van der Waals surface area contributed by atoms with E-state index in [2.05, 4.69) is 6.92 Å². The number of carbonyl (C=O) groups is 1. The molecule has 0 saturated carbocycles. The van der Waals surface area contributed by atoms with Crippen LogP contribution >= 0.6 is 0 Å². The Balaban J connectivity index is 2.14. The second-order valence-corrected chi connectivity index (χ2v) is 4.79. The lowest BCUT2D eigenvalue weighted by atomic mass is 10.0. The maximum Gasteiger partial charge on any atom is 0.153 e. The molecule has 0 aliphatic rings. The lowest BCUT2D eigenvalue weighted by molar-refractivity contribution is 0.111. The van der Waals surface area contributed by atoms with Crippen molar-refractivity contribution >= 4 is 6.29 Å². The predicted molar refractivity (Wildman–Crippen MR) is 82.3 cm³/mol. The third-order valence-electron chi connectivity index (χ3n) is 3.25. The van der Waals surface area contributed by atoms with Crippen LogP contribution in [0.1, 0.15) is 36.5 Å². The van der Waals surface area contributed by atoms with Crippen molar-refractivity contribution in [1.29, 1.82) is 0 Å². The number of aldehydes is 1. The highest BCUT2D eigenvalue weighted by Crippen LogP contribution is 2.25. The first kappa shape index (κ1) is 14.3. The molecular formula is C18H20O2. The second kappa shape index (κ2) is 7.49. The molecule has 2 nitrogen and oxygen atoms in total. The molecule has 0 fully saturated rings. The average molecular weight is 268 g/mol. The first-order chi connectivity index (χ1) is 9.85. The molecule has 0 spiro atoms. The largest absolute Gasteiger partial charge is 0.493 e. The molecule has 0 unspecified atom stereocenters. The van der Waals surface area contributed by atoms with Crippen molar-refractivity contribution in [3.63, 3.8) is 0 Å². The standard InChI is InChI=1S/C18H20O2/c1-2-3-7-12-20-18-11-10-16(13-17(18)14-19)15-8-5-4-6-9-15/h4-6,8-11,13-14H,2-3,7,12H2,1H3. The fraction of sp³-hybridized carbons (Fsp3) is 0.278. The first-order valence-electron chi connectivity index (χ1n) is 7.12. The maximum atomic E-state index is 11.2. The molecular weight excluding hydrogens is 248 g/mol. The van der Waals surface area contributed by atoms with Gasteiger partial charge in [-0.05, 0) is 29.7 Å². The van der Waals surface area contributed by atoms with Crippen LogP contribution in [0.3, 0.4) is 0 Å². The fourth-order valence-electron chi connectivity index (χ4n) is 2.12. The zero-order chi connectivity index (χ0) is 14.2. The summed E-state index contributed by atoms with van der Waals surface area (Å²) in [5, 5.41) is 0. The van der Waals surface area contributed by atoms with Crippen LogP contribution in [-0.4, -0.2) is 12.9 Å². The Morgan fingerprint density at radius 2 is 1.80 bits per heavy atom. The van der Waals surface area contributed by atoms with Gasteiger partial charge in [0.25, 0.3) is 0 Å². The summed E-state index contributed by atoms with van der Waals surface area (Å²) in [5.74, 6) is 0.677. The van der Waals surface area contributed by atoms with Crippen molar-refractivity contribution < 1.29 is 9.53 Å². The van der Waals surface area contributed by atoms with Gasteiger partial charge in [0.2, 0.25) is 0 Å². The van der Waals surface area contributed by atoms with Crippen LogP contribution < -0.4 is 4.74 Å². The summed E-state index contributed by atoms with van der Waals surface area (Å²) < 4.78 is 5.69. The molecule has 20 heavy (non-hydrogen) atoms. The van der Waals surface area contributed by atoms with Crippen LogP contribution in [0.2, 0.25) is 0 Å². The molecule has 0 amide bonds. The molecule has 0 atom stereocenters. The molecule has 104 valence electrons. The number of carbonyl (C=O) groups excluding carboxylic acids is 1. The Morgan fingerprint density at radius 3 is 2.50 bits per heavy atom. The molecule has 0 aliphatic heterocycles. The number of rotatable bonds is 7. The minimum atomic E-state index is 0.614. The van der Waals surface area contributed by atoms with Crippen molar-refractivity contribution in [2.75, 3.05) is 6.61 Å². The molecule has 0 bridgehead atoms. The van der Waals surface area contributed by atoms with Crippen LogP contribution in [0.4, 0.5) is 0 Å². The zero-order valence-electron chi connectivity index (χ0n) is 11.8. The molecule has 2 aromatic rings. The summed E-state index contributed by atoms with van der Waals surface area (Å²) in [5.41, 5.74) is 2.75. The van der Waals surface area contributed by atoms with Crippen LogP contribution in [0, 0.1) is 0 Å². The van der Waals surface area contributed by atoms with E-state index >= 15 is 0 Å². The smallest absolute Gasteiger partial charge is 0.153 e. The van der Waals surface area contributed by atoms with E-state index in [-0.39, 0.29) is 0 Å². The molecule has 2 heteroatoms. The van der Waals surface area contributed by atoms with E-state index in [0.29, 0.717) is 17.9 Å². The van der Waals surface area contributed by atoms with E-state index in [1.807, 2.05) is 48.5 Å². The van der Waals surface area contributed by atoms with Gasteiger partial charge in [-0.2, -0.15) is 0 Å². The molecule has 0 heterocycles. The minimum Gasteiger partial charge on any atom is -0.493 e. The van der Waals surface area contributed by atoms with Gasteiger partial charge in [-0.25, -0.2) is 0 Å². The summed E-state index contributed by atoms with van der Waals surface area (Å²) in [6.07, 6.45) is 4.20. The van der Waals surface area contributed by atoms with Crippen molar-refractivity contribution in [3.8, 4) is 16.9 Å². The van der Waals surface area contributed by atoms with Crippen LogP contribution in [-0.2, 0) is 0 Å². The van der Waals surface area contributed by atoms with Crippen LogP contribution in [0.15, 0.2) is 48.5 Å². The van der Waals surface area contributed by atoms with E-state index in [1.54, 1.807) is 0 Å². The maximum absolute atomic E-state index is 11.2. The predicted octanol–water partition coefficient (Wildman–Crippen LogP) is 4.74. The van der Waals surface area contributed by atoms with E-state index in [4.69, 9.17) is 4.74 Å².